The summed E-state index contributed by atoms with van der Waals surface area (Å²) in [6.07, 6.45) is 1.79. The molecule has 19 heavy (non-hydrogen) atoms. The molecule has 0 aliphatic rings. The van der Waals surface area contributed by atoms with Gasteiger partial charge in [0.05, 0.1) is 4.90 Å². The number of sulfonamides is 1. The fraction of sp³-hybridized carbons (Fsp3) is 0.462. The number of hydrogen-bond donors (Lipinski definition) is 2. The summed E-state index contributed by atoms with van der Waals surface area (Å²) in [5.74, 6) is -0.302. The number of primary sulfonamides is 1. The molecule has 5 nitrogen and oxygen atoms in total. The Morgan fingerprint density at radius 2 is 2.00 bits per heavy atom. The number of benzene rings is 1. The van der Waals surface area contributed by atoms with Crippen LogP contribution in [0.2, 0.25) is 0 Å². The molecule has 106 valence electrons. The van der Waals surface area contributed by atoms with Crippen LogP contribution in [0.25, 0.3) is 0 Å². The van der Waals surface area contributed by atoms with Crippen molar-refractivity contribution in [3.63, 3.8) is 0 Å². The second-order valence-electron chi connectivity index (χ2n) is 5.16. The number of carbonyl (C=O) groups excluding carboxylic acids is 1. The summed E-state index contributed by atoms with van der Waals surface area (Å²) in [4.78, 5) is 12.0. The lowest BCUT2D eigenvalue weighted by Crippen LogP contribution is -2.43. The van der Waals surface area contributed by atoms with E-state index in [0.717, 1.165) is 12.8 Å². The van der Waals surface area contributed by atoms with E-state index in [0.29, 0.717) is 0 Å². The van der Waals surface area contributed by atoms with E-state index < -0.39 is 10.0 Å². The van der Waals surface area contributed by atoms with Crippen LogP contribution in [0.4, 0.5) is 0 Å². The summed E-state index contributed by atoms with van der Waals surface area (Å²) in [7, 11) is -3.79. The van der Waals surface area contributed by atoms with E-state index >= 15 is 0 Å². The minimum Gasteiger partial charge on any atom is -0.347 e. The van der Waals surface area contributed by atoms with E-state index in [4.69, 9.17) is 5.14 Å². The third kappa shape index (κ3) is 4.65. The average molecular weight is 284 g/mol. The average Bonchev–Trinajstić information content (AvgIpc) is 2.27. The molecule has 0 saturated carbocycles. The van der Waals surface area contributed by atoms with Gasteiger partial charge in [-0.05, 0) is 38.5 Å². The molecule has 0 bridgehead atoms. The molecule has 0 radical (unpaired) electrons. The Morgan fingerprint density at radius 3 is 2.53 bits per heavy atom. The van der Waals surface area contributed by atoms with Gasteiger partial charge in [0.25, 0.3) is 5.91 Å². The van der Waals surface area contributed by atoms with Gasteiger partial charge in [0.1, 0.15) is 0 Å². The first-order chi connectivity index (χ1) is 8.65. The molecule has 0 aliphatic heterocycles. The summed E-state index contributed by atoms with van der Waals surface area (Å²) in [5, 5.41) is 7.92. The second-order valence-corrected chi connectivity index (χ2v) is 6.72. The summed E-state index contributed by atoms with van der Waals surface area (Å²) in [5.41, 5.74) is -0.0422. The lowest BCUT2D eigenvalue weighted by atomic mass is 9.98. The second kappa shape index (κ2) is 5.71. The molecular weight excluding hydrogens is 264 g/mol. The molecule has 0 atom stereocenters. The zero-order valence-corrected chi connectivity index (χ0v) is 12.3. The maximum Gasteiger partial charge on any atom is 0.251 e. The van der Waals surface area contributed by atoms with Gasteiger partial charge in [-0.2, -0.15) is 0 Å². The number of nitrogens with one attached hydrogen (secondary N) is 1. The Bertz CT molecular complexity index is 565. The highest BCUT2D eigenvalue weighted by Gasteiger charge is 2.20. The summed E-state index contributed by atoms with van der Waals surface area (Å²) < 4.78 is 22.5. The van der Waals surface area contributed by atoms with Crippen molar-refractivity contribution in [3.8, 4) is 0 Å². The molecule has 0 unspecified atom stereocenters. The molecule has 3 N–H and O–H groups in total. The van der Waals surface area contributed by atoms with Crippen LogP contribution in [0.15, 0.2) is 29.2 Å². The Hall–Kier alpha value is -1.40. The minimum absolute atomic E-state index is 0.0616. The van der Waals surface area contributed by atoms with Crippen LogP contribution in [0, 0.1) is 0 Å². The third-order valence-corrected chi connectivity index (χ3v) is 3.66. The largest absolute Gasteiger partial charge is 0.347 e. The molecule has 0 aromatic heterocycles. The highest BCUT2D eigenvalue weighted by Crippen LogP contribution is 2.14. The topological polar surface area (TPSA) is 89.3 Å². The number of amides is 1. The molecule has 0 saturated heterocycles. The number of nitrogens with two attached hydrogens (primary N) is 1. The van der Waals surface area contributed by atoms with E-state index in [9.17, 15) is 13.2 Å². The minimum atomic E-state index is -3.79. The third-order valence-electron chi connectivity index (χ3n) is 2.75. The molecule has 0 aliphatic carbocycles. The van der Waals surface area contributed by atoms with Crippen molar-refractivity contribution >= 4 is 15.9 Å². The van der Waals surface area contributed by atoms with Gasteiger partial charge in [-0.15, -0.1) is 0 Å². The quantitative estimate of drug-likeness (QED) is 0.861. The van der Waals surface area contributed by atoms with Crippen molar-refractivity contribution in [2.24, 2.45) is 5.14 Å². The lowest BCUT2D eigenvalue weighted by molar-refractivity contribution is 0.0909. The van der Waals surface area contributed by atoms with Gasteiger partial charge in [-0.25, -0.2) is 13.6 Å². The molecular formula is C13H20N2O3S. The van der Waals surface area contributed by atoms with Crippen LogP contribution in [0.5, 0.6) is 0 Å². The monoisotopic (exact) mass is 284 g/mol. The van der Waals surface area contributed by atoms with Gasteiger partial charge in [-0.1, -0.05) is 19.4 Å². The molecule has 1 aromatic rings. The Balaban J connectivity index is 2.96. The predicted molar refractivity (Wildman–Crippen MR) is 74.3 cm³/mol. The van der Waals surface area contributed by atoms with Gasteiger partial charge < -0.3 is 5.32 Å². The fourth-order valence-electron chi connectivity index (χ4n) is 1.88. The molecule has 0 spiro atoms. The molecule has 0 fully saturated rings. The van der Waals surface area contributed by atoms with E-state index in [-0.39, 0.29) is 21.9 Å². The number of rotatable bonds is 5. The van der Waals surface area contributed by atoms with Crippen LogP contribution in [0.3, 0.4) is 0 Å². The predicted octanol–water partition coefficient (Wildman–Crippen LogP) is 1.64. The van der Waals surface area contributed by atoms with Crippen LogP contribution in [0.1, 0.15) is 44.0 Å². The summed E-state index contributed by atoms with van der Waals surface area (Å²) in [6, 6.07) is 5.71. The van der Waals surface area contributed by atoms with E-state index in [1.165, 1.54) is 18.2 Å². The molecule has 1 aromatic carbocycles. The molecule has 6 heteroatoms. The molecule has 1 amide bonds. The van der Waals surface area contributed by atoms with Gasteiger partial charge in [0.15, 0.2) is 0 Å². The zero-order chi connectivity index (χ0) is 14.7. The summed E-state index contributed by atoms with van der Waals surface area (Å²) in [6.45, 7) is 5.89. The van der Waals surface area contributed by atoms with Crippen molar-refractivity contribution in [1.29, 1.82) is 0 Å². The molecule has 1 rings (SSSR count). The van der Waals surface area contributed by atoms with Crippen molar-refractivity contribution in [3.05, 3.63) is 29.8 Å². The first-order valence-corrected chi connectivity index (χ1v) is 7.66. The highest BCUT2D eigenvalue weighted by molar-refractivity contribution is 7.89. The van der Waals surface area contributed by atoms with Crippen LogP contribution in [-0.4, -0.2) is 19.9 Å². The van der Waals surface area contributed by atoms with Gasteiger partial charge in [0, 0.05) is 11.1 Å². The first-order valence-electron chi connectivity index (χ1n) is 6.11. The van der Waals surface area contributed by atoms with Crippen LogP contribution < -0.4 is 10.5 Å². The fourth-order valence-corrected chi connectivity index (χ4v) is 2.44. The normalized spacial score (nSPS) is 12.2. The van der Waals surface area contributed by atoms with E-state index in [1.54, 1.807) is 6.07 Å². The summed E-state index contributed by atoms with van der Waals surface area (Å²) >= 11 is 0. The number of carbonyl (C=O) groups is 1. The Morgan fingerprint density at radius 1 is 1.37 bits per heavy atom. The lowest BCUT2D eigenvalue weighted by Gasteiger charge is -2.25. The van der Waals surface area contributed by atoms with Gasteiger partial charge in [-0.3, -0.25) is 4.79 Å². The van der Waals surface area contributed by atoms with Crippen LogP contribution >= 0.6 is 0 Å². The van der Waals surface area contributed by atoms with E-state index in [1.807, 2.05) is 20.8 Å². The van der Waals surface area contributed by atoms with Crippen molar-refractivity contribution in [2.45, 2.75) is 44.0 Å². The van der Waals surface area contributed by atoms with E-state index in [2.05, 4.69) is 5.32 Å². The standard InChI is InChI=1S/C13H20N2O3S/c1-4-8-13(2,3)15-12(16)10-6-5-7-11(9-10)19(14,17)18/h5-7,9H,4,8H2,1-3H3,(H,15,16)(H2,14,17,18). The smallest absolute Gasteiger partial charge is 0.251 e. The van der Waals surface area contributed by atoms with Crippen molar-refractivity contribution < 1.29 is 13.2 Å². The highest BCUT2D eigenvalue weighted by atomic mass is 32.2. The number of hydrogen-bond acceptors (Lipinski definition) is 3. The zero-order valence-electron chi connectivity index (χ0n) is 11.4. The maximum atomic E-state index is 12.1. The Labute approximate surface area is 114 Å². The molecule has 0 heterocycles. The first kappa shape index (κ1) is 15.7. The van der Waals surface area contributed by atoms with Gasteiger partial charge in [0.2, 0.25) is 10.0 Å². The Kier molecular flexibility index (Phi) is 4.70. The van der Waals surface area contributed by atoms with Crippen LogP contribution in [-0.2, 0) is 10.0 Å². The van der Waals surface area contributed by atoms with Crippen molar-refractivity contribution in [2.75, 3.05) is 0 Å². The SMILES string of the molecule is CCCC(C)(C)NC(=O)c1cccc(S(N)(=O)=O)c1. The van der Waals surface area contributed by atoms with Crippen molar-refractivity contribution in [1.82, 2.24) is 5.32 Å². The maximum absolute atomic E-state index is 12.1. The van der Waals surface area contributed by atoms with Gasteiger partial charge >= 0.3 is 0 Å².